The van der Waals surface area contributed by atoms with Crippen LogP contribution in [0.3, 0.4) is 0 Å². The van der Waals surface area contributed by atoms with E-state index in [9.17, 15) is 14.4 Å². The van der Waals surface area contributed by atoms with Gasteiger partial charge in [0.05, 0.1) is 12.2 Å². The summed E-state index contributed by atoms with van der Waals surface area (Å²) in [5.74, 6) is -0.146. The average Bonchev–Trinajstić information content (AvgIpc) is 3.05. The molecule has 3 aromatic rings. The predicted octanol–water partition coefficient (Wildman–Crippen LogP) is 1.31. The molecule has 2 aromatic carbocycles. The van der Waals surface area contributed by atoms with Crippen LogP contribution in [0.15, 0.2) is 59.4 Å². The lowest BCUT2D eigenvalue weighted by molar-refractivity contribution is -0.138. The first kappa shape index (κ1) is 18.9. The zero-order chi connectivity index (χ0) is 20.4. The van der Waals surface area contributed by atoms with Crippen molar-refractivity contribution >= 4 is 23.4 Å². The van der Waals surface area contributed by atoms with Gasteiger partial charge in [0, 0.05) is 23.7 Å². The second kappa shape index (κ2) is 7.92. The standard InChI is InChI=1S/C20H18ClN5O3/c21-15-6-8-16(9-7-15)26-20(29)25(19(23-26)14-4-2-1-3-5-14)13-18(28)24-11-10-22-17(27)12-24/h1-9H,10-13H2,(H,22,27). The van der Waals surface area contributed by atoms with E-state index in [4.69, 9.17) is 11.6 Å². The first-order chi connectivity index (χ1) is 14.0. The van der Waals surface area contributed by atoms with Crippen molar-refractivity contribution in [2.24, 2.45) is 0 Å². The van der Waals surface area contributed by atoms with Crippen molar-refractivity contribution in [2.45, 2.75) is 6.54 Å². The van der Waals surface area contributed by atoms with E-state index in [1.165, 1.54) is 14.1 Å². The van der Waals surface area contributed by atoms with Gasteiger partial charge in [0.1, 0.15) is 6.54 Å². The summed E-state index contributed by atoms with van der Waals surface area (Å²) >= 11 is 5.94. The monoisotopic (exact) mass is 411 g/mol. The zero-order valence-corrected chi connectivity index (χ0v) is 16.2. The second-order valence-corrected chi connectivity index (χ2v) is 7.05. The molecule has 2 amide bonds. The third-order valence-electron chi connectivity index (χ3n) is 4.65. The Hall–Kier alpha value is -3.39. The number of halogens is 1. The Bertz CT molecular complexity index is 1110. The summed E-state index contributed by atoms with van der Waals surface area (Å²) in [7, 11) is 0. The quantitative estimate of drug-likeness (QED) is 0.701. The van der Waals surface area contributed by atoms with Crippen LogP contribution in [0.4, 0.5) is 0 Å². The van der Waals surface area contributed by atoms with E-state index in [-0.39, 0.29) is 24.9 Å². The molecule has 1 aromatic heterocycles. The Morgan fingerprint density at radius 3 is 2.48 bits per heavy atom. The van der Waals surface area contributed by atoms with Crippen LogP contribution in [-0.4, -0.2) is 50.7 Å². The molecule has 29 heavy (non-hydrogen) atoms. The number of hydrogen-bond donors (Lipinski definition) is 1. The minimum absolute atomic E-state index is 0.0143. The van der Waals surface area contributed by atoms with Gasteiger partial charge in [0.25, 0.3) is 0 Å². The highest BCUT2D eigenvalue weighted by Crippen LogP contribution is 2.18. The van der Waals surface area contributed by atoms with E-state index in [2.05, 4.69) is 10.4 Å². The third kappa shape index (κ3) is 3.93. The van der Waals surface area contributed by atoms with E-state index < -0.39 is 5.69 Å². The third-order valence-corrected chi connectivity index (χ3v) is 4.90. The lowest BCUT2D eigenvalue weighted by Gasteiger charge is -2.26. The number of benzene rings is 2. The highest BCUT2D eigenvalue weighted by molar-refractivity contribution is 6.30. The number of piperazine rings is 1. The number of aromatic nitrogens is 3. The van der Waals surface area contributed by atoms with E-state index in [1.54, 1.807) is 24.3 Å². The number of hydrogen-bond acceptors (Lipinski definition) is 4. The van der Waals surface area contributed by atoms with Crippen LogP contribution < -0.4 is 11.0 Å². The van der Waals surface area contributed by atoms with Gasteiger partial charge in [-0.1, -0.05) is 41.9 Å². The molecule has 0 radical (unpaired) electrons. The molecule has 0 saturated carbocycles. The van der Waals surface area contributed by atoms with Crippen molar-refractivity contribution in [1.29, 1.82) is 0 Å². The van der Waals surface area contributed by atoms with E-state index in [0.29, 0.717) is 35.2 Å². The van der Waals surface area contributed by atoms with Gasteiger partial charge >= 0.3 is 5.69 Å². The van der Waals surface area contributed by atoms with Crippen LogP contribution in [-0.2, 0) is 16.1 Å². The summed E-state index contributed by atoms with van der Waals surface area (Å²) in [5, 5.41) is 7.69. The maximum Gasteiger partial charge on any atom is 0.351 e. The average molecular weight is 412 g/mol. The molecule has 2 heterocycles. The van der Waals surface area contributed by atoms with Gasteiger partial charge in [-0.15, -0.1) is 5.10 Å². The van der Waals surface area contributed by atoms with Crippen molar-refractivity contribution < 1.29 is 9.59 Å². The Morgan fingerprint density at radius 2 is 1.79 bits per heavy atom. The van der Waals surface area contributed by atoms with Crippen molar-refractivity contribution in [3.63, 3.8) is 0 Å². The Balaban J connectivity index is 1.75. The van der Waals surface area contributed by atoms with E-state index >= 15 is 0 Å². The number of rotatable bonds is 4. The Kier molecular flexibility index (Phi) is 5.18. The maximum absolute atomic E-state index is 13.1. The molecule has 0 atom stereocenters. The molecule has 0 aliphatic carbocycles. The van der Waals surface area contributed by atoms with Crippen LogP contribution in [0, 0.1) is 0 Å². The van der Waals surface area contributed by atoms with Crippen molar-refractivity contribution in [3.8, 4) is 17.1 Å². The summed E-state index contributed by atoms with van der Waals surface area (Å²) in [6, 6.07) is 15.9. The second-order valence-electron chi connectivity index (χ2n) is 6.61. The van der Waals surface area contributed by atoms with E-state index in [0.717, 1.165) is 0 Å². The summed E-state index contributed by atoms with van der Waals surface area (Å²) in [6.45, 7) is 0.587. The van der Waals surface area contributed by atoms with Crippen LogP contribution in [0.1, 0.15) is 0 Å². The molecule has 1 aliphatic rings. The molecule has 9 heteroatoms. The van der Waals surface area contributed by atoms with Crippen LogP contribution >= 0.6 is 11.6 Å². The largest absolute Gasteiger partial charge is 0.353 e. The minimum Gasteiger partial charge on any atom is -0.353 e. The SMILES string of the molecule is O=C1CN(C(=O)Cn2c(-c3ccccc3)nn(-c3ccc(Cl)cc3)c2=O)CCN1. The highest BCUT2D eigenvalue weighted by Gasteiger charge is 2.24. The topological polar surface area (TPSA) is 89.2 Å². The van der Waals surface area contributed by atoms with Crippen molar-refractivity contribution in [3.05, 3.63) is 70.1 Å². The molecular weight excluding hydrogens is 394 g/mol. The lowest BCUT2D eigenvalue weighted by Crippen LogP contribution is -2.51. The molecule has 1 saturated heterocycles. The fraction of sp³-hybridized carbons (Fsp3) is 0.200. The first-order valence-corrected chi connectivity index (χ1v) is 9.46. The molecule has 1 aliphatic heterocycles. The van der Waals surface area contributed by atoms with Gasteiger partial charge in [-0.05, 0) is 24.3 Å². The zero-order valence-electron chi connectivity index (χ0n) is 15.4. The molecule has 0 spiro atoms. The molecule has 0 bridgehead atoms. The minimum atomic E-state index is -0.444. The summed E-state index contributed by atoms with van der Waals surface area (Å²) in [5.41, 5.74) is 0.808. The lowest BCUT2D eigenvalue weighted by atomic mass is 10.2. The van der Waals surface area contributed by atoms with Crippen LogP contribution in [0.25, 0.3) is 17.1 Å². The number of nitrogens with zero attached hydrogens (tertiary/aromatic N) is 4. The highest BCUT2D eigenvalue weighted by atomic mass is 35.5. The van der Waals surface area contributed by atoms with Gasteiger partial charge in [0.2, 0.25) is 11.8 Å². The van der Waals surface area contributed by atoms with E-state index in [1.807, 2.05) is 30.3 Å². The fourth-order valence-corrected chi connectivity index (χ4v) is 3.30. The number of nitrogens with one attached hydrogen (secondary N) is 1. The maximum atomic E-state index is 13.1. The Morgan fingerprint density at radius 1 is 1.07 bits per heavy atom. The van der Waals surface area contributed by atoms with Crippen LogP contribution in [0.2, 0.25) is 5.02 Å². The fourth-order valence-electron chi connectivity index (χ4n) is 3.18. The van der Waals surface area contributed by atoms with Gasteiger partial charge < -0.3 is 10.2 Å². The molecular formula is C20H18ClN5O3. The Labute approximate surface area is 171 Å². The van der Waals surface area contributed by atoms with Gasteiger partial charge in [0.15, 0.2) is 5.82 Å². The summed E-state index contributed by atoms with van der Waals surface area (Å²) < 4.78 is 2.58. The first-order valence-electron chi connectivity index (χ1n) is 9.08. The molecule has 1 N–H and O–H groups in total. The molecule has 1 fully saturated rings. The normalized spacial score (nSPS) is 14.0. The van der Waals surface area contributed by atoms with Crippen molar-refractivity contribution in [2.75, 3.05) is 19.6 Å². The number of carbonyl (C=O) groups excluding carboxylic acids is 2. The number of carbonyl (C=O) groups is 2. The molecule has 8 nitrogen and oxygen atoms in total. The molecule has 0 unspecified atom stereocenters. The molecule has 4 rings (SSSR count). The van der Waals surface area contributed by atoms with Gasteiger partial charge in [-0.25, -0.2) is 4.79 Å². The molecule has 148 valence electrons. The predicted molar refractivity (Wildman–Crippen MR) is 108 cm³/mol. The van der Waals surface area contributed by atoms with Crippen molar-refractivity contribution in [1.82, 2.24) is 24.6 Å². The summed E-state index contributed by atoms with van der Waals surface area (Å²) in [4.78, 5) is 38.9. The van der Waals surface area contributed by atoms with Crippen LogP contribution in [0.5, 0.6) is 0 Å². The van der Waals surface area contributed by atoms with Gasteiger partial charge in [-0.3, -0.25) is 14.2 Å². The summed E-state index contributed by atoms with van der Waals surface area (Å²) in [6.07, 6.45) is 0. The number of amides is 2. The smallest absolute Gasteiger partial charge is 0.351 e. The van der Waals surface area contributed by atoms with Gasteiger partial charge in [-0.2, -0.15) is 4.68 Å².